The topological polar surface area (TPSA) is 60.9 Å². The highest BCUT2D eigenvalue weighted by atomic mass is 16.3. The zero-order valence-corrected chi connectivity index (χ0v) is 15.4. The Kier molecular flexibility index (Phi) is 4.62. The standard InChI is InChI=1S/C20H28N2O3/c1-15(23)22-14-20(13-17(24)19(22,2)3)9-11-21(12-10-20)18(25)16-7-5-4-6-8-16/h4-8,17,24H,9-14H2,1-3H3/t17-/m1/s1. The lowest BCUT2D eigenvalue weighted by Gasteiger charge is -2.55. The fourth-order valence-electron chi connectivity index (χ4n) is 4.27. The number of aliphatic hydroxyl groups excluding tert-OH is 1. The van der Waals surface area contributed by atoms with E-state index in [0.717, 1.165) is 12.8 Å². The minimum absolute atomic E-state index is 0.00548. The van der Waals surface area contributed by atoms with Gasteiger partial charge >= 0.3 is 0 Å². The van der Waals surface area contributed by atoms with Crippen molar-refractivity contribution in [2.75, 3.05) is 19.6 Å². The van der Waals surface area contributed by atoms with Gasteiger partial charge in [-0.3, -0.25) is 9.59 Å². The van der Waals surface area contributed by atoms with Crippen LogP contribution in [0.4, 0.5) is 0 Å². The Hall–Kier alpha value is -1.88. The van der Waals surface area contributed by atoms with Crippen molar-refractivity contribution in [2.45, 2.75) is 51.7 Å². The van der Waals surface area contributed by atoms with E-state index in [1.165, 1.54) is 0 Å². The molecule has 1 N–H and O–H groups in total. The molecular formula is C20H28N2O3. The fourth-order valence-corrected chi connectivity index (χ4v) is 4.27. The van der Waals surface area contributed by atoms with Crippen LogP contribution in [0.1, 0.15) is 50.4 Å². The molecule has 5 nitrogen and oxygen atoms in total. The van der Waals surface area contributed by atoms with Crippen LogP contribution in [0.5, 0.6) is 0 Å². The molecule has 1 spiro atoms. The van der Waals surface area contributed by atoms with E-state index in [0.29, 0.717) is 31.6 Å². The van der Waals surface area contributed by atoms with E-state index in [1.54, 1.807) is 6.92 Å². The molecule has 2 heterocycles. The molecule has 25 heavy (non-hydrogen) atoms. The van der Waals surface area contributed by atoms with Crippen molar-refractivity contribution in [3.63, 3.8) is 0 Å². The van der Waals surface area contributed by atoms with E-state index in [4.69, 9.17) is 0 Å². The van der Waals surface area contributed by atoms with Crippen molar-refractivity contribution in [2.24, 2.45) is 5.41 Å². The lowest BCUT2D eigenvalue weighted by atomic mass is 9.67. The fraction of sp³-hybridized carbons (Fsp3) is 0.600. The number of hydrogen-bond donors (Lipinski definition) is 1. The first-order valence-electron chi connectivity index (χ1n) is 9.06. The Labute approximate surface area is 149 Å². The zero-order valence-electron chi connectivity index (χ0n) is 15.4. The average Bonchev–Trinajstić information content (AvgIpc) is 2.59. The van der Waals surface area contributed by atoms with Gasteiger partial charge in [0, 0.05) is 32.1 Å². The molecule has 3 rings (SSSR count). The Balaban J connectivity index is 1.71. The molecule has 5 heteroatoms. The summed E-state index contributed by atoms with van der Waals surface area (Å²) in [6.45, 7) is 7.44. The number of carbonyl (C=O) groups is 2. The second kappa shape index (κ2) is 6.45. The number of hydrogen-bond acceptors (Lipinski definition) is 3. The van der Waals surface area contributed by atoms with Crippen LogP contribution in [0.2, 0.25) is 0 Å². The number of benzene rings is 1. The highest BCUT2D eigenvalue weighted by Gasteiger charge is 2.50. The van der Waals surface area contributed by atoms with Crippen LogP contribution in [-0.2, 0) is 4.79 Å². The van der Waals surface area contributed by atoms with Crippen molar-refractivity contribution >= 4 is 11.8 Å². The third-order valence-electron chi connectivity index (χ3n) is 6.14. The maximum atomic E-state index is 12.6. The summed E-state index contributed by atoms with van der Waals surface area (Å²) in [6.07, 6.45) is 1.80. The Morgan fingerprint density at radius 3 is 2.28 bits per heavy atom. The molecule has 0 saturated carbocycles. The van der Waals surface area contributed by atoms with E-state index in [-0.39, 0.29) is 17.2 Å². The average molecular weight is 344 g/mol. The molecule has 0 radical (unpaired) electrons. The molecule has 0 unspecified atom stereocenters. The number of nitrogens with zero attached hydrogens (tertiary/aromatic N) is 2. The predicted octanol–water partition coefficient (Wildman–Crippen LogP) is 2.30. The van der Waals surface area contributed by atoms with Gasteiger partial charge < -0.3 is 14.9 Å². The molecule has 1 atom stereocenters. The van der Waals surface area contributed by atoms with Crippen molar-refractivity contribution in [1.82, 2.24) is 9.80 Å². The SMILES string of the molecule is CC(=O)N1CC2(CCN(C(=O)c3ccccc3)CC2)C[C@@H](O)C1(C)C. The van der Waals surface area contributed by atoms with Crippen molar-refractivity contribution in [3.8, 4) is 0 Å². The number of likely N-dealkylation sites (tertiary alicyclic amines) is 2. The molecule has 2 fully saturated rings. The van der Waals surface area contributed by atoms with Crippen LogP contribution in [0.3, 0.4) is 0 Å². The highest BCUT2D eigenvalue weighted by Crippen LogP contribution is 2.45. The number of carbonyl (C=O) groups excluding carboxylic acids is 2. The largest absolute Gasteiger partial charge is 0.391 e. The molecule has 2 amide bonds. The van der Waals surface area contributed by atoms with Gasteiger partial charge in [-0.2, -0.15) is 0 Å². The third-order valence-corrected chi connectivity index (χ3v) is 6.14. The second-order valence-corrected chi connectivity index (χ2v) is 8.14. The maximum absolute atomic E-state index is 12.6. The Morgan fingerprint density at radius 1 is 1.12 bits per heavy atom. The first-order valence-corrected chi connectivity index (χ1v) is 9.06. The van der Waals surface area contributed by atoms with Gasteiger partial charge in [-0.15, -0.1) is 0 Å². The van der Waals surface area contributed by atoms with Crippen LogP contribution in [0.15, 0.2) is 30.3 Å². The van der Waals surface area contributed by atoms with Crippen molar-refractivity contribution < 1.29 is 14.7 Å². The van der Waals surface area contributed by atoms with E-state index in [1.807, 2.05) is 54.0 Å². The summed E-state index contributed by atoms with van der Waals surface area (Å²) in [5, 5.41) is 10.7. The van der Waals surface area contributed by atoms with E-state index >= 15 is 0 Å². The maximum Gasteiger partial charge on any atom is 0.253 e. The summed E-state index contributed by atoms with van der Waals surface area (Å²) in [5.41, 5.74) is 0.0935. The lowest BCUT2D eigenvalue weighted by molar-refractivity contribution is -0.156. The van der Waals surface area contributed by atoms with Crippen LogP contribution in [-0.4, -0.2) is 58.0 Å². The van der Waals surface area contributed by atoms with Crippen LogP contribution >= 0.6 is 0 Å². The lowest BCUT2D eigenvalue weighted by Crippen LogP contribution is -2.64. The van der Waals surface area contributed by atoms with E-state index < -0.39 is 11.6 Å². The summed E-state index contributed by atoms with van der Waals surface area (Å²) in [7, 11) is 0. The van der Waals surface area contributed by atoms with Gasteiger partial charge in [-0.1, -0.05) is 18.2 Å². The van der Waals surface area contributed by atoms with Gasteiger partial charge in [-0.05, 0) is 50.7 Å². The summed E-state index contributed by atoms with van der Waals surface area (Å²) in [5.74, 6) is 0.0708. The smallest absolute Gasteiger partial charge is 0.253 e. The predicted molar refractivity (Wildman–Crippen MR) is 96.1 cm³/mol. The van der Waals surface area contributed by atoms with Gasteiger partial charge in [-0.25, -0.2) is 0 Å². The Bertz CT molecular complexity index is 648. The second-order valence-electron chi connectivity index (χ2n) is 8.14. The van der Waals surface area contributed by atoms with Crippen molar-refractivity contribution in [3.05, 3.63) is 35.9 Å². The number of aliphatic hydroxyl groups is 1. The molecule has 1 aromatic carbocycles. The monoisotopic (exact) mass is 344 g/mol. The van der Waals surface area contributed by atoms with Gasteiger partial charge in [0.05, 0.1) is 11.6 Å². The molecule has 136 valence electrons. The summed E-state index contributed by atoms with van der Waals surface area (Å²) < 4.78 is 0. The first kappa shape index (κ1) is 17.9. The molecule has 2 aliphatic rings. The number of piperidine rings is 2. The van der Waals surface area contributed by atoms with Gasteiger partial charge in [0.25, 0.3) is 5.91 Å². The Morgan fingerprint density at radius 2 is 1.72 bits per heavy atom. The minimum atomic E-state index is -0.540. The molecular weight excluding hydrogens is 316 g/mol. The zero-order chi connectivity index (χ0) is 18.2. The third kappa shape index (κ3) is 3.30. The number of amides is 2. The normalized spacial score (nSPS) is 25.0. The molecule has 0 aromatic heterocycles. The van der Waals surface area contributed by atoms with Crippen LogP contribution in [0, 0.1) is 5.41 Å². The minimum Gasteiger partial charge on any atom is -0.391 e. The quantitative estimate of drug-likeness (QED) is 0.850. The van der Waals surface area contributed by atoms with Crippen molar-refractivity contribution in [1.29, 1.82) is 0 Å². The van der Waals surface area contributed by atoms with E-state index in [9.17, 15) is 14.7 Å². The van der Waals surface area contributed by atoms with Gasteiger partial charge in [0.1, 0.15) is 0 Å². The van der Waals surface area contributed by atoms with Gasteiger partial charge in [0.2, 0.25) is 5.91 Å². The van der Waals surface area contributed by atoms with Gasteiger partial charge in [0.15, 0.2) is 0 Å². The van der Waals surface area contributed by atoms with Crippen LogP contribution < -0.4 is 0 Å². The molecule has 2 saturated heterocycles. The van der Waals surface area contributed by atoms with E-state index in [2.05, 4.69) is 0 Å². The van der Waals surface area contributed by atoms with Crippen LogP contribution in [0.25, 0.3) is 0 Å². The molecule has 1 aromatic rings. The summed E-state index contributed by atoms with van der Waals surface area (Å²) in [4.78, 5) is 28.4. The highest BCUT2D eigenvalue weighted by molar-refractivity contribution is 5.94. The summed E-state index contributed by atoms with van der Waals surface area (Å²) >= 11 is 0. The summed E-state index contributed by atoms with van der Waals surface area (Å²) in [6, 6.07) is 9.35. The molecule has 0 bridgehead atoms. The first-order chi connectivity index (χ1) is 11.8. The molecule has 0 aliphatic carbocycles. The molecule has 2 aliphatic heterocycles. The number of rotatable bonds is 1.